The number of fused-ring (bicyclic) bond motifs is 2. The molecule has 7 heteroatoms. The summed E-state index contributed by atoms with van der Waals surface area (Å²) in [6.45, 7) is 3.51. The number of hydrogen-bond donors (Lipinski definition) is 0. The van der Waals surface area contributed by atoms with Crippen LogP contribution in [0.15, 0.2) is 0 Å². The second kappa shape index (κ2) is 8.37. The quantitative estimate of drug-likeness (QED) is 0.267. The van der Waals surface area contributed by atoms with Crippen LogP contribution in [0.1, 0.15) is 71.1 Å². The van der Waals surface area contributed by atoms with E-state index in [0.717, 1.165) is 23.4 Å². The molecule has 0 aromatic carbocycles. The van der Waals surface area contributed by atoms with E-state index in [1.54, 1.807) is 0 Å². The molecule has 134 valence electrons. The van der Waals surface area contributed by atoms with Gasteiger partial charge in [0.15, 0.2) is 5.54 Å². The first-order chi connectivity index (χ1) is 10.7. The first-order valence-electron chi connectivity index (χ1n) is 8.82. The number of halogens is 4. The van der Waals surface area contributed by atoms with Crippen molar-refractivity contribution in [1.29, 1.82) is 5.26 Å². The average Bonchev–Trinajstić information content (AvgIpc) is 2.90. The minimum Gasteiger partial charge on any atom is -0.418 e. The molecule has 2 fully saturated rings. The van der Waals surface area contributed by atoms with E-state index < -0.39 is 7.25 Å². The van der Waals surface area contributed by atoms with Crippen LogP contribution in [0.3, 0.4) is 0 Å². The van der Waals surface area contributed by atoms with Gasteiger partial charge in [0.2, 0.25) is 0 Å². The molecule has 2 aliphatic heterocycles. The Morgan fingerprint density at radius 1 is 1.04 bits per heavy atom. The highest BCUT2D eigenvalue weighted by Gasteiger charge is 2.62. The van der Waals surface area contributed by atoms with E-state index in [4.69, 9.17) is 0 Å². The Labute approximate surface area is 137 Å². The molecule has 2 saturated heterocycles. The molecule has 2 bridgehead atoms. The normalized spacial score (nSPS) is 32.3. The Morgan fingerprint density at radius 3 is 2.00 bits per heavy atom. The molecule has 0 radical (unpaired) electrons. The minimum absolute atomic E-state index is 0.00587. The maximum Gasteiger partial charge on any atom is 0.673 e. The summed E-state index contributed by atoms with van der Waals surface area (Å²) in [6, 6.07) is 3.48. The molecule has 23 heavy (non-hydrogen) atoms. The summed E-state index contributed by atoms with van der Waals surface area (Å²) < 4.78 is 40.1. The monoisotopic (exact) mass is 336 g/mol. The maximum atomic E-state index is 9.75. The molecule has 0 saturated carbocycles. The van der Waals surface area contributed by atoms with Crippen LogP contribution >= 0.6 is 0 Å². The summed E-state index contributed by atoms with van der Waals surface area (Å²) in [7, 11) is -3.64. The first-order valence-corrected chi connectivity index (χ1v) is 8.82. The molecular formula is C16H29BF4N2. The Kier molecular flexibility index (Phi) is 7.38. The van der Waals surface area contributed by atoms with E-state index >= 15 is 0 Å². The van der Waals surface area contributed by atoms with Crippen LogP contribution in [-0.2, 0) is 0 Å². The lowest BCUT2D eigenvalue weighted by Crippen LogP contribution is -2.56. The van der Waals surface area contributed by atoms with Crippen molar-refractivity contribution in [3.8, 4) is 6.07 Å². The zero-order valence-corrected chi connectivity index (χ0v) is 14.3. The fourth-order valence-electron chi connectivity index (χ4n) is 4.35. The number of unbranched alkanes of at least 4 members (excludes halogenated alkanes) is 5. The number of hydrogen-bond acceptors (Lipinski definition) is 1. The van der Waals surface area contributed by atoms with E-state index in [1.807, 2.05) is 0 Å². The van der Waals surface area contributed by atoms with Crippen LogP contribution in [0.2, 0.25) is 0 Å². The molecule has 2 heterocycles. The van der Waals surface area contributed by atoms with Crippen LogP contribution in [0, 0.1) is 11.3 Å². The molecule has 0 aromatic rings. The van der Waals surface area contributed by atoms with Gasteiger partial charge in [0.05, 0.1) is 19.6 Å². The highest BCUT2D eigenvalue weighted by atomic mass is 19.5. The Bertz CT molecular complexity index is 394. The second-order valence-corrected chi connectivity index (χ2v) is 7.13. The van der Waals surface area contributed by atoms with Gasteiger partial charge in [0, 0.05) is 25.7 Å². The molecule has 0 amide bonds. The molecule has 2 aliphatic rings. The van der Waals surface area contributed by atoms with Gasteiger partial charge >= 0.3 is 7.25 Å². The summed E-state index contributed by atoms with van der Waals surface area (Å²) in [5.41, 5.74) is -0.00587. The number of nitriles is 1. The molecule has 1 atom stereocenters. The summed E-state index contributed by atoms with van der Waals surface area (Å²) in [4.78, 5) is 0. The highest BCUT2D eigenvalue weighted by Crippen LogP contribution is 2.51. The molecule has 1 unspecified atom stereocenters. The molecular weight excluding hydrogens is 307 g/mol. The SMILES string of the molecule is CCCCCCCC[N+]1(C)C2CCC1(C#N)CC2.F[B-](F)(F)F. The van der Waals surface area contributed by atoms with Gasteiger partial charge in [-0.05, 0) is 12.8 Å². The molecule has 2 nitrogen and oxygen atoms in total. The molecule has 0 N–H and O–H groups in total. The average molecular weight is 336 g/mol. The number of rotatable bonds is 7. The zero-order chi connectivity index (χ0) is 17.6. The van der Waals surface area contributed by atoms with E-state index in [2.05, 4.69) is 20.0 Å². The second-order valence-electron chi connectivity index (χ2n) is 7.13. The van der Waals surface area contributed by atoms with Gasteiger partial charge in [-0.3, -0.25) is 0 Å². The predicted molar refractivity (Wildman–Crippen MR) is 85.2 cm³/mol. The fourth-order valence-corrected chi connectivity index (χ4v) is 4.35. The van der Waals surface area contributed by atoms with Crippen LogP contribution < -0.4 is 0 Å². The van der Waals surface area contributed by atoms with E-state index in [-0.39, 0.29) is 5.54 Å². The van der Waals surface area contributed by atoms with Gasteiger partial charge in [0.25, 0.3) is 0 Å². The van der Waals surface area contributed by atoms with E-state index in [9.17, 15) is 22.5 Å². The first kappa shape index (κ1) is 20.3. The van der Waals surface area contributed by atoms with Crippen LogP contribution in [-0.4, -0.2) is 36.9 Å². The number of nitrogens with zero attached hydrogens (tertiary/aromatic N) is 2. The third-order valence-electron chi connectivity index (χ3n) is 5.75. The van der Waals surface area contributed by atoms with Crippen molar-refractivity contribution < 1.29 is 21.7 Å². The lowest BCUT2D eigenvalue weighted by atomic mass is 9.89. The van der Waals surface area contributed by atoms with Crippen molar-refractivity contribution in [2.45, 2.75) is 82.7 Å². The van der Waals surface area contributed by atoms with Crippen molar-refractivity contribution in [3.05, 3.63) is 0 Å². The molecule has 0 aliphatic carbocycles. The maximum absolute atomic E-state index is 9.75. The lowest BCUT2D eigenvalue weighted by molar-refractivity contribution is -0.946. The summed E-state index contributed by atoms with van der Waals surface area (Å²) in [5, 5.41) is 9.59. The van der Waals surface area contributed by atoms with Crippen molar-refractivity contribution in [2.75, 3.05) is 13.6 Å². The smallest absolute Gasteiger partial charge is 0.418 e. The largest absolute Gasteiger partial charge is 0.673 e. The molecule has 2 rings (SSSR count). The number of quaternary nitrogens is 1. The van der Waals surface area contributed by atoms with Crippen molar-refractivity contribution in [1.82, 2.24) is 0 Å². The minimum atomic E-state index is -6.00. The van der Waals surface area contributed by atoms with E-state index in [1.165, 1.54) is 57.9 Å². The van der Waals surface area contributed by atoms with Crippen molar-refractivity contribution in [3.63, 3.8) is 0 Å². The summed E-state index contributed by atoms with van der Waals surface area (Å²) >= 11 is 0. The molecule has 0 spiro atoms. The Morgan fingerprint density at radius 2 is 1.52 bits per heavy atom. The van der Waals surface area contributed by atoms with E-state index in [0.29, 0.717) is 0 Å². The standard InChI is InChI=1S/C16H29N2.BF4/c1-3-4-5-6-7-8-13-18(2)15-9-11-16(18,14-17)12-10-15;2-1(3,4)5/h15H,3-13H2,1-2H3;/q+1;-1. The topological polar surface area (TPSA) is 23.8 Å². The van der Waals surface area contributed by atoms with Crippen molar-refractivity contribution in [2.24, 2.45) is 0 Å². The third-order valence-corrected chi connectivity index (χ3v) is 5.75. The van der Waals surface area contributed by atoms with Crippen molar-refractivity contribution >= 4 is 7.25 Å². The van der Waals surface area contributed by atoms with Gasteiger partial charge in [-0.25, -0.2) is 0 Å². The van der Waals surface area contributed by atoms with Gasteiger partial charge in [-0.15, -0.1) is 0 Å². The molecule has 0 aromatic heterocycles. The van der Waals surface area contributed by atoms with Gasteiger partial charge in [0.1, 0.15) is 6.07 Å². The highest BCUT2D eigenvalue weighted by molar-refractivity contribution is 6.50. The summed E-state index contributed by atoms with van der Waals surface area (Å²) in [6.07, 6.45) is 13.1. The van der Waals surface area contributed by atoms with Gasteiger partial charge in [-0.2, -0.15) is 5.26 Å². The Hall–Kier alpha value is -0.765. The third kappa shape index (κ3) is 5.37. The van der Waals surface area contributed by atoms with Crippen LogP contribution in [0.25, 0.3) is 0 Å². The lowest BCUT2D eigenvalue weighted by Gasteiger charge is -2.40. The Balaban J connectivity index is 0.000000463. The van der Waals surface area contributed by atoms with Crippen LogP contribution in [0.4, 0.5) is 17.3 Å². The van der Waals surface area contributed by atoms with Crippen LogP contribution in [0.5, 0.6) is 0 Å². The van der Waals surface area contributed by atoms with Gasteiger partial charge in [-0.1, -0.05) is 32.6 Å². The predicted octanol–water partition coefficient (Wildman–Crippen LogP) is 5.31. The fraction of sp³-hybridized carbons (Fsp3) is 0.938. The summed E-state index contributed by atoms with van der Waals surface area (Å²) in [5.74, 6) is 0. The zero-order valence-electron chi connectivity index (χ0n) is 14.3. The van der Waals surface area contributed by atoms with Gasteiger partial charge < -0.3 is 21.7 Å².